The SMILES string of the molecule is CCC1(O)CN(C(=O)c2cc(N)c(Cl)c(Cl)c2)C1. The molecule has 98 valence electrons. The van der Waals surface area contributed by atoms with Crippen LogP contribution in [-0.4, -0.2) is 34.6 Å². The number of anilines is 1. The van der Waals surface area contributed by atoms with E-state index >= 15 is 0 Å². The number of likely N-dealkylation sites (tertiary alicyclic amines) is 1. The van der Waals surface area contributed by atoms with E-state index in [9.17, 15) is 9.90 Å². The fourth-order valence-electron chi connectivity index (χ4n) is 1.95. The minimum atomic E-state index is -0.753. The topological polar surface area (TPSA) is 66.6 Å². The Labute approximate surface area is 115 Å². The van der Waals surface area contributed by atoms with E-state index in [1.54, 1.807) is 4.90 Å². The van der Waals surface area contributed by atoms with E-state index in [-0.39, 0.29) is 21.6 Å². The van der Waals surface area contributed by atoms with Crippen LogP contribution in [0.4, 0.5) is 5.69 Å². The number of amides is 1. The second-order valence-corrected chi connectivity index (χ2v) is 5.39. The van der Waals surface area contributed by atoms with Crippen molar-refractivity contribution in [2.24, 2.45) is 0 Å². The van der Waals surface area contributed by atoms with Gasteiger partial charge in [-0.3, -0.25) is 4.79 Å². The monoisotopic (exact) mass is 288 g/mol. The van der Waals surface area contributed by atoms with Gasteiger partial charge in [0.15, 0.2) is 0 Å². The molecule has 0 saturated carbocycles. The lowest BCUT2D eigenvalue weighted by molar-refractivity contribution is -0.0826. The highest BCUT2D eigenvalue weighted by molar-refractivity contribution is 6.43. The highest BCUT2D eigenvalue weighted by atomic mass is 35.5. The Morgan fingerprint density at radius 3 is 2.61 bits per heavy atom. The zero-order chi connectivity index (χ0) is 13.5. The first-order valence-corrected chi connectivity index (χ1v) is 6.38. The zero-order valence-corrected chi connectivity index (χ0v) is 11.4. The van der Waals surface area contributed by atoms with E-state index < -0.39 is 5.60 Å². The van der Waals surface area contributed by atoms with Crippen LogP contribution in [0.5, 0.6) is 0 Å². The summed E-state index contributed by atoms with van der Waals surface area (Å²) in [6, 6.07) is 2.99. The Hall–Kier alpha value is -0.970. The van der Waals surface area contributed by atoms with Crippen LogP contribution in [-0.2, 0) is 0 Å². The largest absolute Gasteiger partial charge is 0.397 e. The van der Waals surface area contributed by atoms with Crippen molar-refractivity contribution in [3.63, 3.8) is 0 Å². The molecular formula is C12H14Cl2N2O2. The first-order chi connectivity index (χ1) is 8.36. The fraction of sp³-hybridized carbons (Fsp3) is 0.417. The van der Waals surface area contributed by atoms with Crippen LogP contribution in [0.2, 0.25) is 10.0 Å². The van der Waals surface area contributed by atoms with Crippen LogP contribution in [0.1, 0.15) is 23.7 Å². The van der Waals surface area contributed by atoms with E-state index in [4.69, 9.17) is 28.9 Å². The number of benzene rings is 1. The number of β-amino-alcohol motifs (C(OH)–C–C–N with tert-alkyl or cyclic N) is 1. The van der Waals surface area contributed by atoms with E-state index in [0.717, 1.165) is 0 Å². The summed E-state index contributed by atoms with van der Waals surface area (Å²) >= 11 is 11.7. The molecule has 1 fully saturated rings. The maximum atomic E-state index is 12.1. The number of carbonyl (C=O) groups excluding carboxylic acids is 1. The van der Waals surface area contributed by atoms with Gasteiger partial charge in [-0.05, 0) is 18.6 Å². The van der Waals surface area contributed by atoms with Gasteiger partial charge < -0.3 is 15.7 Å². The lowest BCUT2D eigenvalue weighted by Gasteiger charge is -2.46. The number of nitrogens with two attached hydrogens (primary N) is 1. The van der Waals surface area contributed by atoms with Gasteiger partial charge in [0, 0.05) is 5.56 Å². The molecule has 0 aliphatic carbocycles. The van der Waals surface area contributed by atoms with Gasteiger partial charge in [0.1, 0.15) is 0 Å². The van der Waals surface area contributed by atoms with Crippen LogP contribution in [0, 0.1) is 0 Å². The van der Waals surface area contributed by atoms with Gasteiger partial charge in [0.25, 0.3) is 5.91 Å². The summed E-state index contributed by atoms with van der Waals surface area (Å²) < 4.78 is 0. The Morgan fingerprint density at radius 2 is 2.11 bits per heavy atom. The summed E-state index contributed by atoms with van der Waals surface area (Å²) in [6.07, 6.45) is 0.625. The number of hydrogen-bond acceptors (Lipinski definition) is 3. The van der Waals surface area contributed by atoms with Crippen LogP contribution >= 0.6 is 23.2 Å². The Kier molecular flexibility index (Phi) is 3.45. The molecule has 1 aromatic carbocycles. The molecule has 0 radical (unpaired) electrons. The van der Waals surface area contributed by atoms with Gasteiger partial charge in [-0.2, -0.15) is 0 Å². The lowest BCUT2D eigenvalue weighted by Crippen LogP contribution is -2.63. The second-order valence-electron chi connectivity index (χ2n) is 4.60. The molecule has 1 aromatic rings. The number of rotatable bonds is 2. The predicted molar refractivity (Wildman–Crippen MR) is 72.0 cm³/mol. The molecule has 1 aliphatic heterocycles. The third-order valence-corrected chi connectivity index (χ3v) is 4.04. The van der Waals surface area contributed by atoms with Crippen molar-refractivity contribution < 1.29 is 9.90 Å². The average Bonchev–Trinajstić information content (AvgIpc) is 2.30. The summed E-state index contributed by atoms with van der Waals surface area (Å²) in [4.78, 5) is 13.7. The fourth-order valence-corrected chi connectivity index (χ4v) is 2.28. The van der Waals surface area contributed by atoms with Crippen molar-refractivity contribution in [2.45, 2.75) is 18.9 Å². The van der Waals surface area contributed by atoms with Gasteiger partial charge in [0.2, 0.25) is 0 Å². The van der Waals surface area contributed by atoms with Gasteiger partial charge in [-0.15, -0.1) is 0 Å². The number of nitrogens with zero attached hydrogens (tertiary/aromatic N) is 1. The molecule has 0 bridgehead atoms. The normalized spacial score (nSPS) is 17.4. The van der Waals surface area contributed by atoms with Crippen molar-refractivity contribution in [2.75, 3.05) is 18.8 Å². The Bertz CT molecular complexity index is 476. The highest BCUT2D eigenvalue weighted by Gasteiger charge is 2.42. The highest BCUT2D eigenvalue weighted by Crippen LogP contribution is 2.31. The molecule has 18 heavy (non-hydrogen) atoms. The first kappa shape index (κ1) is 13.5. The molecule has 0 unspecified atom stereocenters. The molecule has 1 saturated heterocycles. The van der Waals surface area contributed by atoms with E-state index in [1.165, 1.54) is 12.1 Å². The summed E-state index contributed by atoms with van der Waals surface area (Å²) in [5, 5.41) is 10.4. The van der Waals surface area contributed by atoms with Gasteiger partial charge >= 0.3 is 0 Å². The number of aliphatic hydroxyl groups is 1. The average molecular weight is 289 g/mol. The predicted octanol–water partition coefficient (Wildman–Crippen LogP) is 2.17. The summed E-state index contributed by atoms with van der Waals surface area (Å²) in [7, 11) is 0. The molecule has 4 nitrogen and oxygen atoms in total. The lowest BCUT2D eigenvalue weighted by atomic mass is 9.90. The molecule has 0 atom stereocenters. The molecule has 0 aromatic heterocycles. The van der Waals surface area contributed by atoms with Crippen LogP contribution in [0.15, 0.2) is 12.1 Å². The minimum absolute atomic E-state index is 0.196. The number of halogens is 2. The molecule has 1 amide bonds. The van der Waals surface area contributed by atoms with Gasteiger partial charge in [0.05, 0.1) is 34.4 Å². The third kappa shape index (κ3) is 2.28. The summed E-state index contributed by atoms with van der Waals surface area (Å²) in [5.74, 6) is -0.196. The molecule has 1 heterocycles. The standard InChI is InChI=1S/C12H14Cl2N2O2/c1-2-12(18)5-16(6-12)11(17)7-3-8(13)10(14)9(15)4-7/h3-4,18H,2,5-6,15H2,1H3. The van der Waals surface area contributed by atoms with Crippen molar-refractivity contribution in [1.29, 1.82) is 0 Å². The number of hydrogen-bond donors (Lipinski definition) is 2. The number of carbonyl (C=O) groups is 1. The van der Waals surface area contributed by atoms with Crippen LogP contribution in [0.25, 0.3) is 0 Å². The second kappa shape index (κ2) is 4.61. The first-order valence-electron chi connectivity index (χ1n) is 5.62. The summed E-state index contributed by atoms with van der Waals surface area (Å²) in [5.41, 5.74) is 5.57. The molecular weight excluding hydrogens is 275 g/mol. The van der Waals surface area contributed by atoms with Crippen LogP contribution < -0.4 is 5.73 Å². The number of nitrogen functional groups attached to an aromatic ring is 1. The maximum absolute atomic E-state index is 12.1. The molecule has 1 aliphatic rings. The molecule has 6 heteroatoms. The van der Waals surface area contributed by atoms with E-state index in [2.05, 4.69) is 0 Å². The molecule has 3 N–H and O–H groups in total. The van der Waals surface area contributed by atoms with Gasteiger partial charge in [-0.25, -0.2) is 0 Å². The van der Waals surface area contributed by atoms with Crippen molar-refractivity contribution in [1.82, 2.24) is 4.90 Å². The zero-order valence-electron chi connectivity index (χ0n) is 9.91. The molecule has 0 spiro atoms. The van der Waals surface area contributed by atoms with Crippen LogP contribution in [0.3, 0.4) is 0 Å². The van der Waals surface area contributed by atoms with E-state index in [0.29, 0.717) is 25.1 Å². The minimum Gasteiger partial charge on any atom is -0.397 e. The Morgan fingerprint density at radius 1 is 1.50 bits per heavy atom. The summed E-state index contributed by atoms with van der Waals surface area (Å²) in [6.45, 7) is 2.56. The van der Waals surface area contributed by atoms with Crippen molar-refractivity contribution in [3.05, 3.63) is 27.7 Å². The third-order valence-electron chi connectivity index (χ3n) is 3.22. The van der Waals surface area contributed by atoms with Crippen molar-refractivity contribution >= 4 is 34.8 Å². The van der Waals surface area contributed by atoms with Crippen molar-refractivity contribution in [3.8, 4) is 0 Å². The maximum Gasteiger partial charge on any atom is 0.254 e. The Balaban J connectivity index is 2.16. The quantitative estimate of drug-likeness (QED) is 0.820. The molecule has 2 rings (SSSR count). The van der Waals surface area contributed by atoms with Gasteiger partial charge in [-0.1, -0.05) is 30.1 Å². The van der Waals surface area contributed by atoms with E-state index in [1.807, 2.05) is 6.92 Å². The smallest absolute Gasteiger partial charge is 0.254 e.